The van der Waals surface area contributed by atoms with Crippen molar-refractivity contribution in [1.29, 1.82) is 0 Å². The molecule has 3 nitrogen and oxygen atoms in total. The number of hydrogen-bond acceptors (Lipinski definition) is 2. The Morgan fingerprint density at radius 1 is 1.03 bits per heavy atom. The molecule has 1 N–H and O–H groups in total. The third kappa shape index (κ3) is 3.58. The number of aromatic nitrogens is 1. The molecule has 0 spiro atoms. The van der Waals surface area contributed by atoms with Crippen LogP contribution in [-0.2, 0) is 4.74 Å². The molecule has 0 amide bonds. The van der Waals surface area contributed by atoms with Crippen LogP contribution in [0.3, 0.4) is 0 Å². The highest BCUT2D eigenvalue weighted by Gasteiger charge is 2.40. The fourth-order valence-electron chi connectivity index (χ4n) is 5.55. The van der Waals surface area contributed by atoms with Gasteiger partial charge in [0.05, 0.1) is 11.6 Å². The van der Waals surface area contributed by atoms with Gasteiger partial charge in [0.1, 0.15) is 18.1 Å². The fourth-order valence-corrected chi connectivity index (χ4v) is 5.55. The lowest BCUT2D eigenvalue weighted by molar-refractivity contribution is -0.166. The van der Waals surface area contributed by atoms with Crippen molar-refractivity contribution in [3.8, 4) is 0 Å². The van der Waals surface area contributed by atoms with Gasteiger partial charge in [-0.05, 0) is 60.3 Å². The Morgan fingerprint density at radius 2 is 1.75 bits per heavy atom. The van der Waals surface area contributed by atoms with E-state index in [0.29, 0.717) is 28.7 Å². The minimum absolute atomic E-state index is 0.167. The maximum atomic E-state index is 15.1. The highest BCUT2D eigenvalue weighted by atomic mass is 19.1. The molecule has 5 rings (SSSR count). The lowest BCUT2D eigenvalue weighted by atomic mass is 9.77. The highest BCUT2D eigenvalue weighted by Crippen LogP contribution is 2.44. The van der Waals surface area contributed by atoms with Gasteiger partial charge in [-0.15, -0.1) is 0 Å². The molecule has 2 aliphatic rings. The molecule has 2 aromatic carbocycles. The normalized spacial score (nSPS) is 29.4. The third-order valence-electron chi connectivity index (χ3n) is 8.12. The number of aliphatic hydroxyl groups is 1. The first-order chi connectivity index (χ1) is 15.4. The van der Waals surface area contributed by atoms with E-state index in [-0.39, 0.29) is 24.1 Å². The van der Waals surface area contributed by atoms with E-state index in [2.05, 4.69) is 44.4 Å². The lowest BCUT2D eigenvalue weighted by Crippen LogP contribution is -2.42. The molecule has 2 fully saturated rings. The second kappa shape index (κ2) is 8.31. The molecular weight excluding hydrogens is 401 g/mol. The summed E-state index contributed by atoms with van der Waals surface area (Å²) >= 11 is 0. The van der Waals surface area contributed by atoms with Gasteiger partial charge in [-0.25, -0.2) is 4.39 Å². The van der Waals surface area contributed by atoms with Gasteiger partial charge < -0.3 is 14.4 Å². The minimum atomic E-state index is -0.888. The Labute approximate surface area is 190 Å². The van der Waals surface area contributed by atoms with Gasteiger partial charge in [0, 0.05) is 23.1 Å². The Morgan fingerprint density at radius 3 is 2.41 bits per heavy atom. The Bertz CT molecular complexity index is 1100. The average molecular weight is 436 g/mol. The van der Waals surface area contributed by atoms with Gasteiger partial charge in [0.25, 0.3) is 0 Å². The summed E-state index contributed by atoms with van der Waals surface area (Å²) < 4.78 is 23.7. The van der Waals surface area contributed by atoms with Crippen molar-refractivity contribution in [2.24, 2.45) is 17.8 Å². The van der Waals surface area contributed by atoms with Crippen molar-refractivity contribution in [2.45, 2.75) is 71.3 Å². The summed E-state index contributed by atoms with van der Waals surface area (Å²) in [5.74, 6) is 1.59. The predicted molar refractivity (Wildman–Crippen MR) is 126 cm³/mol. The van der Waals surface area contributed by atoms with E-state index in [1.54, 1.807) is 6.07 Å². The van der Waals surface area contributed by atoms with Gasteiger partial charge in [-0.3, -0.25) is 0 Å². The van der Waals surface area contributed by atoms with Crippen LogP contribution >= 0.6 is 0 Å². The summed E-state index contributed by atoms with van der Waals surface area (Å²) in [6.07, 6.45) is 4.45. The van der Waals surface area contributed by atoms with Crippen LogP contribution in [0.2, 0.25) is 0 Å². The highest BCUT2D eigenvalue weighted by molar-refractivity contribution is 5.85. The lowest BCUT2D eigenvalue weighted by Gasteiger charge is -2.44. The van der Waals surface area contributed by atoms with E-state index >= 15 is 4.39 Å². The summed E-state index contributed by atoms with van der Waals surface area (Å²) in [5, 5.41) is 11.8. The molecule has 1 aliphatic carbocycles. The Balaban J connectivity index is 1.57. The van der Waals surface area contributed by atoms with E-state index < -0.39 is 6.10 Å². The molecule has 32 heavy (non-hydrogen) atoms. The van der Waals surface area contributed by atoms with E-state index in [0.717, 1.165) is 17.5 Å². The molecule has 2 unspecified atom stereocenters. The van der Waals surface area contributed by atoms with Gasteiger partial charge >= 0.3 is 0 Å². The molecule has 1 aliphatic heterocycles. The minimum Gasteiger partial charge on any atom is -0.384 e. The van der Waals surface area contributed by atoms with E-state index in [1.807, 2.05) is 24.4 Å². The van der Waals surface area contributed by atoms with Crippen molar-refractivity contribution in [3.05, 3.63) is 71.2 Å². The second-order valence-corrected chi connectivity index (χ2v) is 10.0. The first kappa shape index (κ1) is 21.7. The molecule has 3 aromatic rings. The van der Waals surface area contributed by atoms with Crippen LogP contribution in [0, 0.1) is 23.6 Å². The summed E-state index contributed by atoms with van der Waals surface area (Å²) in [7, 11) is 0. The van der Waals surface area contributed by atoms with Crippen molar-refractivity contribution < 1.29 is 14.2 Å². The topological polar surface area (TPSA) is 34.4 Å². The van der Waals surface area contributed by atoms with Crippen molar-refractivity contribution in [2.75, 3.05) is 0 Å². The number of ether oxygens (including phenoxy) is 1. The number of fused-ring (bicyclic) bond motifs is 1. The van der Waals surface area contributed by atoms with Crippen molar-refractivity contribution in [3.63, 3.8) is 0 Å². The summed E-state index contributed by atoms with van der Waals surface area (Å²) in [4.78, 5) is 0. The third-order valence-corrected chi connectivity index (χ3v) is 8.12. The number of nitrogens with zero attached hydrogens (tertiary/aromatic N) is 1. The standard InChI is InChI=1S/C28H34FNO2/c1-5-25-17(3)16(2)18(4)28(32-25)30-15-22(26-23(29)7-6-8-24(26)30)27(31)21-13-11-20(12-14-21)19-9-10-19/h6-8,11-19,25,27-28,31H,5,9-10H2,1-4H3/t16-,17-,18+,25+,27?,28?/m0/s1. The Hall–Kier alpha value is -2.17. The summed E-state index contributed by atoms with van der Waals surface area (Å²) in [6.45, 7) is 8.93. The maximum Gasteiger partial charge on any atom is 0.137 e. The van der Waals surface area contributed by atoms with Gasteiger partial charge in [-0.2, -0.15) is 0 Å². The summed E-state index contributed by atoms with van der Waals surface area (Å²) in [5.41, 5.74) is 3.50. The number of aliphatic hydroxyl groups excluding tert-OH is 1. The molecule has 2 heterocycles. The van der Waals surface area contributed by atoms with E-state index in [1.165, 1.54) is 24.5 Å². The number of halogens is 1. The smallest absolute Gasteiger partial charge is 0.137 e. The molecule has 4 heteroatoms. The number of benzene rings is 2. The molecule has 170 valence electrons. The predicted octanol–water partition coefficient (Wildman–Crippen LogP) is 6.96. The average Bonchev–Trinajstić information content (AvgIpc) is 3.58. The quantitative estimate of drug-likeness (QED) is 0.470. The van der Waals surface area contributed by atoms with Crippen LogP contribution in [0.25, 0.3) is 10.9 Å². The fraction of sp³-hybridized carbons (Fsp3) is 0.500. The molecule has 1 aromatic heterocycles. The van der Waals surface area contributed by atoms with Gasteiger partial charge in [0.2, 0.25) is 0 Å². The SMILES string of the molecule is CC[C@H]1OC(n2cc(C(O)c3ccc(C4CC4)cc3)c3c(F)cccc32)[C@H](C)[C@@H](C)[C@@H]1C. The number of rotatable bonds is 5. The largest absolute Gasteiger partial charge is 0.384 e. The zero-order valence-corrected chi connectivity index (χ0v) is 19.5. The summed E-state index contributed by atoms with van der Waals surface area (Å²) in [6, 6.07) is 13.3. The van der Waals surface area contributed by atoms with Crippen LogP contribution in [-0.4, -0.2) is 15.8 Å². The monoisotopic (exact) mass is 435 g/mol. The molecule has 0 radical (unpaired) electrons. The van der Waals surface area contributed by atoms with Crippen LogP contribution in [0.1, 0.15) is 81.9 Å². The molecule has 6 atom stereocenters. The van der Waals surface area contributed by atoms with Crippen molar-refractivity contribution in [1.82, 2.24) is 4.57 Å². The zero-order chi connectivity index (χ0) is 22.6. The number of hydrogen-bond donors (Lipinski definition) is 1. The van der Waals surface area contributed by atoms with Gasteiger partial charge in [-0.1, -0.05) is 58.0 Å². The molecule has 1 saturated heterocycles. The van der Waals surface area contributed by atoms with Crippen LogP contribution in [0.4, 0.5) is 4.39 Å². The van der Waals surface area contributed by atoms with Crippen LogP contribution in [0.5, 0.6) is 0 Å². The second-order valence-electron chi connectivity index (χ2n) is 10.0. The van der Waals surface area contributed by atoms with E-state index in [4.69, 9.17) is 4.74 Å². The first-order valence-electron chi connectivity index (χ1n) is 12.1. The zero-order valence-electron chi connectivity index (χ0n) is 19.5. The molecular formula is C28H34FNO2. The Kier molecular flexibility index (Phi) is 5.63. The first-order valence-corrected chi connectivity index (χ1v) is 12.1. The van der Waals surface area contributed by atoms with Gasteiger partial charge in [0.15, 0.2) is 0 Å². The maximum absolute atomic E-state index is 15.1. The van der Waals surface area contributed by atoms with Crippen molar-refractivity contribution >= 4 is 10.9 Å². The van der Waals surface area contributed by atoms with E-state index in [9.17, 15) is 5.11 Å². The van der Waals surface area contributed by atoms with Crippen LogP contribution in [0.15, 0.2) is 48.7 Å². The van der Waals surface area contributed by atoms with Crippen LogP contribution < -0.4 is 0 Å². The molecule has 0 bridgehead atoms. The molecule has 1 saturated carbocycles.